The van der Waals surface area contributed by atoms with Crippen LogP contribution in [0, 0.1) is 5.92 Å². The Hall–Kier alpha value is -2.59. The molecular weight excluding hydrogens is 336 g/mol. The van der Waals surface area contributed by atoms with Crippen LogP contribution in [0.3, 0.4) is 0 Å². The maximum Gasteiger partial charge on any atom is 0.244 e. The van der Waals surface area contributed by atoms with Crippen LogP contribution in [0.2, 0.25) is 5.02 Å². The van der Waals surface area contributed by atoms with Crippen LogP contribution in [0.1, 0.15) is 24.2 Å². The molecule has 2 aromatic carbocycles. The van der Waals surface area contributed by atoms with Crippen molar-refractivity contribution < 1.29 is 9.59 Å². The van der Waals surface area contributed by atoms with Gasteiger partial charge in [0.25, 0.3) is 0 Å². The second kappa shape index (κ2) is 7.11. The molecule has 0 atom stereocenters. The summed E-state index contributed by atoms with van der Waals surface area (Å²) in [6.45, 7) is 3.86. The van der Waals surface area contributed by atoms with Crippen molar-refractivity contribution in [2.24, 2.45) is 5.92 Å². The number of hydrogen-bond donors (Lipinski definition) is 1. The van der Waals surface area contributed by atoms with E-state index in [0.717, 1.165) is 10.9 Å². The molecule has 0 spiro atoms. The van der Waals surface area contributed by atoms with Gasteiger partial charge in [-0.25, -0.2) is 0 Å². The van der Waals surface area contributed by atoms with Gasteiger partial charge in [0.2, 0.25) is 5.91 Å². The zero-order chi connectivity index (χ0) is 18.0. The lowest BCUT2D eigenvalue weighted by molar-refractivity contribution is -0.116. The lowest BCUT2D eigenvalue weighted by Crippen LogP contribution is -2.18. The van der Waals surface area contributed by atoms with Crippen LogP contribution in [0.25, 0.3) is 10.9 Å². The molecule has 1 aromatic heterocycles. The third kappa shape index (κ3) is 3.59. The summed E-state index contributed by atoms with van der Waals surface area (Å²) < 4.78 is 1.80. The number of carbonyl (C=O) groups is 2. The van der Waals surface area contributed by atoms with Crippen LogP contribution >= 0.6 is 11.6 Å². The van der Waals surface area contributed by atoms with Crippen LogP contribution in [0.4, 0.5) is 5.69 Å². The van der Waals surface area contributed by atoms with Crippen molar-refractivity contribution in [3.05, 3.63) is 65.3 Å². The first-order valence-corrected chi connectivity index (χ1v) is 8.51. The van der Waals surface area contributed by atoms with E-state index >= 15 is 0 Å². The molecule has 0 bridgehead atoms. The molecule has 4 nitrogen and oxygen atoms in total. The third-order valence-corrected chi connectivity index (χ3v) is 4.37. The van der Waals surface area contributed by atoms with Gasteiger partial charge in [0.1, 0.15) is 6.54 Å². The standard InChI is InChI=1S/C20H19ClN2O2/c1-13(2)20(25)15-11-23(18-10-6-3-7-14(15)18)12-19(24)22-17-9-5-4-8-16(17)21/h3-11,13H,12H2,1-2H3,(H,22,24). The fraction of sp³-hybridized carbons (Fsp3) is 0.200. The van der Waals surface area contributed by atoms with E-state index in [-0.39, 0.29) is 24.2 Å². The van der Waals surface area contributed by atoms with E-state index in [0.29, 0.717) is 16.3 Å². The highest BCUT2D eigenvalue weighted by Gasteiger charge is 2.18. The smallest absolute Gasteiger partial charge is 0.244 e. The van der Waals surface area contributed by atoms with Gasteiger partial charge in [-0.15, -0.1) is 0 Å². The van der Waals surface area contributed by atoms with E-state index in [4.69, 9.17) is 11.6 Å². The van der Waals surface area contributed by atoms with Crippen LogP contribution in [0.5, 0.6) is 0 Å². The first-order valence-electron chi connectivity index (χ1n) is 8.14. The van der Waals surface area contributed by atoms with Crippen molar-refractivity contribution in [1.82, 2.24) is 4.57 Å². The molecular formula is C20H19ClN2O2. The summed E-state index contributed by atoms with van der Waals surface area (Å²) in [4.78, 5) is 24.9. The number of carbonyl (C=O) groups excluding carboxylic acids is 2. The highest BCUT2D eigenvalue weighted by Crippen LogP contribution is 2.24. The van der Waals surface area contributed by atoms with Crippen LogP contribution in [-0.4, -0.2) is 16.3 Å². The number of Topliss-reactive ketones (excluding diaryl/α,β-unsaturated/α-hetero) is 1. The molecule has 0 unspecified atom stereocenters. The summed E-state index contributed by atoms with van der Waals surface area (Å²) in [5, 5.41) is 4.17. The first-order chi connectivity index (χ1) is 12.0. The summed E-state index contributed by atoms with van der Waals surface area (Å²) in [6, 6.07) is 14.7. The number of halogens is 1. The van der Waals surface area contributed by atoms with Crippen molar-refractivity contribution in [1.29, 1.82) is 0 Å². The second-order valence-corrected chi connectivity index (χ2v) is 6.64. The Bertz CT molecular complexity index is 944. The van der Waals surface area contributed by atoms with Crippen molar-refractivity contribution in [2.45, 2.75) is 20.4 Å². The van der Waals surface area contributed by atoms with Gasteiger partial charge in [0.05, 0.1) is 10.7 Å². The van der Waals surface area contributed by atoms with E-state index in [9.17, 15) is 9.59 Å². The molecule has 25 heavy (non-hydrogen) atoms. The fourth-order valence-electron chi connectivity index (χ4n) is 2.79. The minimum atomic E-state index is -0.197. The lowest BCUT2D eigenvalue weighted by Gasteiger charge is -2.08. The lowest BCUT2D eigenvalue weighted by atomic mass is 10.0. The third-order valence-electron chi connectivity index (χ3n) is 4.04. The molecule has 3 aromatic rings. The number of hydrogen-bond acceptors (Lipinski definition) is 2. The van der Waals surface area contributed by atoms with Gasteiger partial charge < -0.3 is 9.88 Å². The quantitative estimate of drug-likeness (QED) is 0.671. The summed E-state index contributed by atoms with van der Waals surface area (Å²) in [5.74, 6) is -0.227. The summed E-state index contributed by atoms with van der Waals surface area (Å²) in [6.07, 6.45) is 1.76. The Morgan fingerprint density at radius 3 is 2.48 bits per heavy atom. The minimum Gasteiger partial charge on any atom is -0.337 e. The fourth-order valence-corrected chi connectivity index (χ4v) is 2.97. The van der Waals surface area contributed by atoms with E-state index in [1.54, 1.807) is 29.0 Å². The second-order valence-electron chi connectivity index (χ2n) is 6.23. The molecule has 0 fully saturated rings. The maximum atomic E-state index is 12.5. The zero-order valence-electron chi connectivity index (χ0n) is 14.1. The number of rotatable bonds is 5. The Balaban J connectivity index is 1.90. The molecule has 0 radical (unpaired) electrons. The van der Waals surface area contributed by atoms with Crippen molar-refractivity contribution >= 4 is 39.9 Å². The van der Waals surface area contributed by atoms with Crippen LogP contribution in [0.15, 0.2) is 54.7 Å². The Labute approximate surface area is 151 Å². The minimum absolute atomic E-state index is 0.0708. The van der Waals surface area contributed by atoms with Crippen molar-refractivity contribution in [3.63, 3.8) is 0 Å². The zero-order valence-corrected chi connectivity index (χ0v) is 14.9. The normalized spacial score (nSPS) is 11.0. The summed E-state index contributed by atoms with van der Waals surface area (Å²) >= 11 is 6.08. The van der Waals surface area contributed by atoms with Gasteiger partial charge in [-0.2, -0.15) is 0 Å². The number of amides is 1. The molecule has 128 valence electrons. The van der Waals surface area contributed by atoms with Crippen LogP contribution < -0.4 is 5.32 Å². The van der Waals surface area contributed by atoms with Gasteiger partial charge in [-0.05, 0) is 18.2 Å². The molecule has 0 saturated carbocycles. The first kappa shape index (κ1) is 17.2. The van der Waals surface area contributed by atoms with Crippen molar-refractivity contribution in [3.8, 4) is 0 Å². The van der Waals surface area contributed by atoms with Gasteiger partial charge in [0, 0.05) is 28.6 Å². The Kier molecular flexibility index (Phi) is 4.91. The number of para-hydroxylation sites is 2. The van der Waals surface area contributed by atoms with E-state index < -0.39 is 0 Å². The Morgan fingerprint density at radius 2 is 1.76 bits per heavy atom. The predicted molar refractivity (Wildman–Crippen MR) is 101 cm³/mol. The summed E-state index contributed by atoms with van der Waals surface area (Å²) in [7, 11) is 0. The van der Waals surface area contributed by atoms with E-state index in [1.807, 2.05) is 44.2 Å². The van der Waals surface area contributed by atoms with Gasteiger partial charge in [0.15, 0.2) is 5.78 Å². The molecule has 0 aliphatic heterocycles. The molecule has 1 heterocycles. The average molecular weight is 355 g/mol. The summed E-state index contributed by atoms with van der Waals surface area (Å²) in [5.41, 5.74) is 2.08. The number of nitrogens with zero attached hydrogens (tertiary/aromatic N) is 1. The average Bonchev–Trinajstić information content (AvgIpc) is 2.95. The van der Waals surface area contributed by atoms with Gasteiger partial charge in [-0.3, -0.25) is 9.59 Å². The topological polar surface area (TPSA) is 51.1 Å². The van der Waals surface area contributed by atoms with Gasteiger partial charge >= 0.3 is 0 Å². The predicted octanol–water partition coefficient (Wildman–Crippen LogP) is 4.77. The van der Waals surface area contributed by atoms with E-state index in [1.165, 1.54) is 0 Å². The number of fused-ring (bicyclic) bond motifs is 1. The number of benzene rings is 2. The van der Waals surface area contributed by atoms with Crippen LogP contribution in [-0.2, 0) is 11.3 Å². The molecule has 0 saturated heterocycles. The molecule has 0 aliphatic carbocycles. The van der Waals surface area contributed by atoms with Crippen molar-refractivity contribution in [2.75, 3.05) is 5.32 Å². The Morgan fingerprint density at radius 1 is 1.08 bits per heavy atom. The maximum absolute atomic E-state index is 12.5. The molecule has 5 heteroatoms. The largest absolute Gasteiger partial charge is 0.337 e. The monoisotopic (exact) mass is 354 g/mol. The highest BCUT2D eigenvalue weighted by atomic mass is 35.5. The molecule has 0 aliphatic rings. The number of ketones is 1. The highest BCUT2D eigenvalue weighted by molar-refractivity contribution is 6.33. The molecule has 3 rings (SSSR count). The number of aromatic nitrogens is 1. The number of anilines is 1. The molecule has 1 N–H and O–H groups in total. The number of nitrogens with one attached hydrogen (secondary N) is 1. The molecule has 1 amide bonds. The van der Waals surface area contributed by atoms with Gasteiger partial charge in [-0.1, -0.05) is 55.8 Å². The van der Waals surface area contributed by atoms with E-state index in [2.05, 4.69) is 5.32 Å². The SMILES string of the molecule is CC(C)C(=O)c1cn(CC(=O)Nc2ccccc2Cl)c2ccccc12.